The molecule has 2 aliphatic heterocycles. The van der Waals surface area contributed by atoms with E-state index in [-0.39, 0.29) is 36.3 Å². The fraction of sp³-hybridized carbons (Fsp3) is 0.385. The molecule has 0 radical (unpaired) electrons. The summed E-state index contributed by atoms with van der Waals surface area (Å²) in [5, 5.41) is 7.13. The minimum atomic E-state index is -0.601. The van der Waals surface area contributed by atoms with Gasteiger partial charge in [0.05, 0.1) is 25.7 Å². The zero-order chi connectivity index (χ0) is 26.2. The number of anilines is 2. The molecule has 3 amide bonds. The first kappa shape index (κ1) is 26.3. The maximum absolute atomic E-state index is 13.4. The van der Waals surface area contributed by atoms with Crippen LogP contribution in [0.25, 0.3) is 0 Å². The van der Waals surface area contributed by atoms with Gasteiger partial charge in [-0.2, -0.15) is 5.10 Å². The lowest BCUT2D eigenvalue weighted by atomic mass is 10.1. The minimum Gasteiger partial charge on any atom is -0.497 e. The van der Waals surface area contributed by atoms with E-state index in [0.29, 0.717) is 28.6 Å². The summed E-state index contributed by atoms with van der Waals surface area (Å²) >= 11 is 1.23. The lowest BCUT2D eigenvalue weighted by Crippen LogP contribution is -2.53. The quantitative estimate of drug-likeness (QED) is 0.490. The van der Waals surface area contributed by atoms with Crippen LogP contribution in [0, 0.1) is 0 Å². The molecule has 1 saturated heterocycles. The lowest BCUT2D eigenvalue weighted by Gasteiger charge is -2.34. The Balaban J connectivity index is 1.42. The summed E-state index contributed by atoms with van der Waals surface area (Å²) in [4.78, 5) is 42.1. The topological polar surface area (TPSA) is 113 Å². The molecule has 11 heteroatoms. The van der Waals surface area contributed by atoms with Crippen LogP contribution in [0.3, 0.4) is 0 Å². The van der Waals surface area contributed by atoms with Gasteiger partial charge in [-0.05, 0) is 37.1 Å². The van der Waals surface area contributed by atoms with E-state index in [1.165, 1.54) is 18.9 Å². The van der Waals surface area contributed by atoms with Gasteiger partial charge in [-0.1, -0.05) is 18.2 Å². The van der Waals surface area contributed by atoms with Crippen molar-refractivity contribution >= 4 is 46.6 Å². The molecule has 4 rings (SSSR count). The van der Waals surface area contributed by atoms with E-state index in [2.05, 4.69) is 15.8 Å². The Hall–Kier alpha value is -3.73. The smallest absolute Gasteiger partial charge is 0.276 e. The van der Waals surface area contributed by atoms with E-state index >= 15 is 0 Å². The van der Waals surface area contributed by atoms with Gasteiger partial charge in [0.25, 0.3) is 5.91 Å². The molecule has 2 aromatic carbocycles. The number of ether oxygens (including phenoxy) is 2. The number of benzene rings is 2. The fourth-order valence-electron chi connectivity index (χ4n) is 4.19. The molecule has 196 valence electrons. The summed E-state index contributed by atoms with van der Waals surface area (Å²) < 4.78 is 10.5. The van der Waals surface area contributed by atoms with Crippen molar-refractivity contribution < 1.29 is 23.9 Å². The zero-order valence-corrected chi connectivity index (χ0v) is 21.8. The van der Waals surface area contributed by atoms with E-state index in [9.17, 15) is 14.4 Å². The Kier molecular flexibility index (Phi) is 8.89. The zero-order valence-electron chi connectivity index (χ0n) is 20.9. The monoisotopic (exact) mass is 525 g/mol. The van der Waals surface area contributed by atoms with Crippen molar-refractivity contribution in [1.29, 1.82) is 0 Å². The predicted octanol–water partition coefficient (Wildman–Crippen LogP) is 3.05. The van der Waals surface area contributed by atoms with Crippen LogP contribution in [-0.2, 0) is 14.4 Å². The van der Waals surface area contributed by atoms with Crippen LogP contribution >= 0.6 is 11.8 Å². The average molecular weight is 526 g/mol. The van der Waals surface area contributed by atoms with Crippen LogP contribution in [0.5, 0.6) is 11.5 Å². The molecule has 1 fully saturated rings. The summed E-state index contributed by atoms with van der Waals surface area (Å²) in [6.07, 6.45) is 2.53. The molecule has 2 aromatic rings. The Morgan fingerprint density at radius 2 is 1.86 bits per heavy atom. The number of nitrogens with zero attached hydrogens (tertiary/aromatic N) is 3. The maximum Gasteiger partial charge on any atom is 0.276 e. The first-order valence-corrected chi connectivity index (χ1v) is 13.2. The molecule has 2 N–H and O–H groups in total. The number of hydrazone groups is 1. The lowest BCUT2D eigenvalue weighted by molar-refractivity contribution is -0.130. The molecule has 10 nitrogen and oxygen atoms in total. The molecule has 37 heavy (non-hydrogen) atoms. The second kappa shape index (κ2) is 12.5. The Bertz CT molecular complexity index is 1150. The predicted molar refractivity (Wildman–Crippen MR) is 144 cm³/mol. The van der Waals surface area contributed by atoms with Crippen LogP contribution in [0.15, 0.2) is 53.6 Å². The number of rotatable bonds is 10. The number of amides is 3. The summed E-state index contributed by atoms with van der Waals surface area (Å²) in [6, 6.07) is 14.3. The number of para-hydroxylation sites is 1. The highest BCUT2D eigenvalue weighted by Gasteiger charge is 2.34. The van der Waals surface area contributed by atoms with E-state index in [1.807, 2.05) is 35.2 Å². The molecular weight excluding hydrogens is 494 g/mol. The largest absolute Gasteiger partial charge is 0.497 e. The first-order valence-electron chi connectivity index (χ1n) is 12.1. The van der Waals surface area contributed by atoms with Gasteiger partial charge >= 0.3 is 0 Å². The SMILES string of the molecule is COc1ccc(NC(=O)CS[C@H]2NN=C(CCC(=O)N3CCCC3)C(=O)N2c2ccccc2)c(OC)c1. The molecule has 0 spiro atoms. The van der Waals surface area contributed by atoms with Crippen molar-refractivity contribution in [3.05, 3.63) is 48.5 Å². The summed E-state index contributed by atoms with van der Waals surface area (Å²) in [5.74, 6) is 0.648. The van der Waals surface area contributed by atoms with Gasteiger partial charge in [-0.15, -0.1) is 11.8 Å². The van der Waals surface area contributed by atoms with Gasteiger partial charge in [0.1, 0.15) is 17.2 Å². The van der Waals surface area contributed by atoms with Gasteiger partial charge in [0.15, 0.2) is 5.50 Å². The van der Waals surface area contributed by atoms with Crippen molar-refractivity contribution in [2.45, 2.75) is 31.2 Å². The maximum atomic E-state index is 13.4. The fourth-order valence-corrected chi connectivity index (χ4v) is 5.07. The molecule has 2 aliphatic rings. The van der Waals surface area contributed by atoms with E-state index in [1.54, 1.807) is 30.2 Å². The summed E-state index contributed by atoms with van der Waals surface area (Å²) in [5.41, 5.74) is 3.89. The van der Waals surface area contributed by atoms with E-state index in [0.717, 1.165) is 25.9 Å². The van der Waals surface area contributed by atoms with Crippen LogP contribution in [-0.4, -0.2) is 66.9 Å². The van der Waals surface area contributed by atoms with Crippen LogP contribution in [0.1, 0.15) is 25.7 Å². The van der Waals surface area contributed by atoms with E-state index < -0.39 is 5.50 Å². The van der Waals surface area contributed by atoms with Crippen molar-refractivity contribution in [2.75, 3.05) is 43.3 Å². The third kappa shape index (κ3) is 6.53. The van der Waals surface area contributed by atoms with Crippen molar-refractivity contribution in [2.24, 2.45) is 5.10 Å². The number of hydrogen-bond donors (Lipinski definition) is 2. The number of hydrogen-bond acceptors (Lipinski definition) is 8. The number of likely N-dealkylation sites (tertiary alicyclic amines) is 1. The van der Waals surface area contributed by atoms with Crippen molar-refractivity contribution in [1.82, 2.24) is 10.3 Å². The third-order valence-electron chi connectivity index (χ3n) is 6.13. The highest BCUT2D eigenvalue weighted by molar-refractivity contribution is 8.00. The standard InChI is InChI=1S/C26H31N5O5S/c1-35-19-10-11-20(22(16-19)36-2)27-23(32)17-37-26-29-28-21(12-13-24(33)30-14-6-7-15-30)25(34)31(26)18-8-4-3-5-9-18/h3-5,8-11,16,26,29H,6-7,12-15,17H2,1-2H3,(H,27,32)/t26-/m0/s1. The van der Waals surface area contributed by atoms with Gasteiger partial charge < -0.3 is 19.7 Å². The molecule has 1 atom stereocenters. The van der Waals surface area contributed by atoms with Crippen LogP contribution < -0.4 is 25.1 Å². The number of methoxy groups -OCH3 is 2. The summed E-state index contributed by atoms with van der Waals surface area (Å²) in [7, 11) is 3.07. The Morgan fingerprint density at radius 3 is 2.57 bits per heavy atom. The third-order valence-corrected chi connectivity index (χ3v) is 7.19. The highest BCUT2D eigenvalue weighted by Crippen LogP contribution is 2.30. The van der Waals surface area contributed by atoms with Crippen LogP contribution in [0.2, 0.25) is 0 Å². The van der Waals surface area contributed by atoms with Crippen LogP contribution in [0.4, 0.5) is 11.4 Å². The van der Waals surface area contributed by atoms with Gasteiger partial charge in [-0.25, -0.2) is 0 Å². The second-order valence-electron chi connectivity index (χ2n) is 8.56. The number of carbonyl (C=O) groups is 3. The Morgan fingerprint density at radius 1 is 1.11 bits per heavy atom. The summed E-state index contributed by atoms with van der Waals surface area (Å²) in [6.45, 7) is 1.55. The number of nitrogens with one attached hydrogen (secondary N) is 2. The molecule has 0 aliphatic carbocycles. The normalized spacial score (nSPS) is 17.2. The van der Waals surface area contributed by atoms with Gasteiger partial charge in [0, 0.05) is 37.7 Å². The van der Waals surface area contributed by atoms with Gasteiger partial charge in [-0.3, -0.25) is 24.7 Å². The highest BCUT2D eigenvalue weighted by atomic mass is 32.2. The van der Waals surface area contributed by atoms with E-state index in [4.69, 9.17) is 9.47 Å². The first-order chi connectivity index (χ1) is 18.0. The molecule has 2 heterocycles. The molecule has 0 unspecified atom stereocenters. The number of carbonyl (C=O) groups excluding carboxylic acids is 3. The van der Waals surface area contributed by atoms with Crippen molar-refractivity contribution in [3.8, 4) is 11.5 Å². The molecule has 0 bridgehead atoms. The second-order valence-corrected chi connectivity index (χ2v) is 9.63. The molecule has 0 saturated carbocycles. The molecular formula is C26H31N5O5S. The average Bonchev–Trinajstić information content (AvgIpc) is 3.47. The van der Waals surface area contributed by atoms with Crippen molar-refractivity contribution in [3.63, 3.8) is 0 Å². The Labute approximate surface area is 220 Å². The van der Waals surface area contributed by atoms with Gasteiger partial charge in [0.2, 0.25) is 11.8 Å². The number of thioether (sulfide) groups is 1. The molecule has 0 aromatic heterocycles. The minimum absolute atomic E-state index is 0.0430.